The van der Waals surface area contributed by atoms with Crippen molar-refractivity contribution in [2.24, 2.45) is 11.7 Å². The molecule has 2 N–H and O–H groups in total. The fraction of sp³-hybridized carbons (Fsp3) is 0.462. The maximum absolute atomic E-state index is 5.61. The van der Waals surface area contributed by atoms with E-state index in [2.05, 4.69) is 50.1 Å². The molecule has 0 saturated heterocycles. The summed E-state index contributed by atoms with van der Waals surface area (Å²) in [6, 6.07) is 8.56. The highest BCUT2D eigenvalue weighted by Crippen LogP contribution is 2.08. The molecule has 0 aromatic heterocycles. The number of benzene rings is 1. The van der Waals surface area contributed by atoms with Gasteiger partial charge in [0.1, 0.15) is 0 Å². The van der Waals surface area contributed by atoms with Gasteiger partial charge in [-0.25, -0.2) is 0 Å². The normalized spacial score (nSPS) is 12.8. The van der Waals surface area contributed by atoms with Crippen LogP contribution in [0.4, 0.5) is 0 Å². The van der Waals surface area contributed by atoms with Crippen molar-refractivity contribution in [2.45, 2.75) is 20.4 Å². The van der Waals surface area contributed by atoms with Gasteiger partial charge in [0.2, 0.25) is 0 Å². The molecule has 0 fully saturated rings. The predicted molar refractivity (Wildman–Crippen MR) is 73.5 cm³/mol. The number of aryl methyl sites for hydroxylation is 1. The first-order valence-electron chi connectivity index (χ1n) is 5.52. The zero-order valence-corrected chi connectivity index (χ0v) is 11.1. The molecule has 88 valence electrons. The topological polar surface area (TPSA) is 29.3 Å². The van der Waals surface area contributed by atoms with Gasteiger partial charge in [0.25, 0.3) is 0 Å². The molecule has 1 aromatic rings. The molecule has 16 heavy (non-hydrogen) atoms. The molecular weight excluding hydrogens is 216 g/mol. The summed E-state index contributed by atoms with van der Waals surface area (Å²) in [6.45, 7) is 6.02. The predicted octanol–water partition coefficient (Wildman–Crippen LogP) is 2.35. The molecule has 1 atom stereocenters. The maximum atomic E-state index is 5.61. The maximum Gasteiger partial charge on any atom is 0.0768 e. The molecule has 0 bridgehead atoms. The summed E-state index contributed by atoms with van der Waals surface area (Å²) in [5.41, 5.74) is 8.24. The molecule has 1 aromatic carbocycles. The smallest absolute Gasteiger partial charge is 0.0768 e. The van der Waals surface area contributed by atoms with Crippen LogP contribution >= 0.6 is 12.2 Å². The van der Waals surface area contributed by atoms with Crippen molar-refractivity contribution in [3.63, 3.8) is 0 Å². The highest BCUT2D eigenvalue weighted by atomic mass is 32.1. The first-order chi connectivity index (χ1) is 7.49. The van der Waals surface area contributed by atoms with Crippen molar-refractivity contribution in [3.05, 3.63) is 35.4 Å². The fourth-order valence-electron chi connectivity index (χ4n) is 1.74. The summed E-state index contributed by atoms with van der Waals surface area (Å²) in [5.74, 6) is 0.268. The van der Waals surface area contributed by atoms with E-state index in [0.29, 0.717) is 4.99 Å². The van der Waals surface area contributed by atoms with Crippen molar-refractivity contribution in [2.75, 3.05) is 13.6 Å². The van der Waals surface area contributed by atoms with E-state index in [1.54, 1.807) is 0 Å². The molecule has 0 aliphatic carbocycles. The summed E-state index contributed by atoms with van der Waals surface area (Å²) in [4.78, 5) is 2.84. The molecule has 0 spiro atoms. The third-order valence-corrected chi connectivity index (χ3v) is 3.01. The van der Waals surface area contributed by atoms with E-state index in [-0.39, 0.29) is 5.92 Å². The first kappa shape index (κ1) is 13.1. The Kier molecular flexibility index (Phi) is 4.90. The van der Waals surface area contributed by atoms with Gasteiger partial charge in [0.15, 0.2) is 0 Å². The van der Waals surface area contributed by atoms with Gasteiger partial charge in [0, 0.05) is 19.0 Å². The van der Waals surface area contributed by atoms with Crippen LogP contribution in [0.25, 0.3) is 0 Å². The SMILES string of the molecule is Cc1cccc(CN(C)CC(C)C(N)=S)c1. The summed E-state index contributed by atoms with van der Waals surface area (Å²) in [5, 5.41) is 0. The largest absolute Gasteiger partial charge is 0.393 e. The van der Waals surface area contributed by atoms with Crippen LogP contribution in [0.3, 0.4) is 0 Å². The quantitative estimate of drug-likeness (QED) is 0.796. The number of nitrogens with two attached hydrogens (primary N) is 1. The first-order valence-corrected chi connectivity index (χ1v) is 5.93. The van der Waals surface area contributed by atoms with Crippen LogP contribution in [0, 0.1) is 12.8 Å². The third kappa shape index (κ3) is 4.29. The molecule has 0 amide bonds. The van der Waals surface area contributed by atoms with Crippen LogP contribution in [0.1, 0.15) is 18.1 Å². The lowest BCUT2D eigenvalue weighted by Crippen LogP contribution is -2.31. The molecule has 0 heterocycles. The van der Waals surface area contributed by atoms with Gasteiger partial charge in [-0.1, -0.05) is 49.0 Å². The lowest BCUT2D eigenvalue weighted by atomic mass is 10.1. The monoisotopic (exact) mass is 236 g/mol. The summed E-state index contributed by atoms with van der Waals surface area (Å²) in [7, 11) is 2.09. The van der Waals surface area contributed by atoms with Crippen molar-refractivity contribution < 1.29 is 0 Å². The van der Waals surface area contributed by atoms with Gasteiger partial charge in [0.05, 0.1) is 4.99 Å². The van der Waals surface area contributed by atoms with Crippen LogP contribution in [0.2, 0.25) is 0 Å². The van der Waals surface area contributed by atoms with Gasteiger partial charge in [-0.05, 0) is 19.5 Å². The zero-order chi connectivity index (χ0) is 12.1. The van der Waals surface area contributed by atoms with Gasteiger partial charge in [-0.15, -0.1) is 0 Å². The van der Waals surface area contributed by atoms with Gasteiger partial charge < -0.3 is 10.6 Å². The van der Waals surface area contributed by atoms with Crippen LogP contribution in [-0.2, 0) is 6.54 Å². The van der Waals surface area contributed by atoms with Crippen LogP contribution in [-0.4, -0.2) is 23.5 Å². The number of thiocarbonyl (C=S) groups is 1. The van der Waals surface area contributed by atoms with E-state index in [1.165, 1.54) is 11.1 Å². The second-order valence-corrected chi connectivity index (χ2v) is 4.96. The van der Waals surface area contributed by atoms with E-state index >= 15 is 0 Å². The van der Waals surface area contributed by atoms with E-state index < -0.39 is 0 Å². The Morgan fingerprint density at radius 3 is 2.75 bits per heavy atom. The van der Waals surface area contributed by atoms with E-state index in [4.69, 9.17) is 18.0 Å². The molecule has 0 aliphatic rings. The molecule has 1 unspecified atom stereocenters. The Bertz CT molecular complexity index is 363. The van der Waals surface area contributed by atoms with Crippen LogP contribution < -0.4 is 5.73 Å². The van der Waals surface area contributed by atoms with Gasteiger partial charge in [-0.3, -0.25) is 0 Å². The Labute approximate surface area is 103 Å². The lowest BCUT2D eigenvalue weighted by molar-refractivity contribution is 0.307. The number of rotatable bonds is 5. The van der Waals surface area contributed by atoms with E-state index in [1.807, 2.05) is 0 Å². The molecular formula is C13H20N2S. The standard InChI is InChI=1S/C13H20N2S/c1-10-5-4-6-12(7-10)9-15(3)8-11(2)13(14)16/h4-7,11H,8-9H2,1-3H3,(H2,14,16). The molecule has 0 radical (unpaired) electrons. The second-order valence-electron chi connectivity index (χ2n) is 4.49. The molecule has 3 heteroatoms. The second kappa shape index (κ2) is 5.97. The molecule has 2 nitrogen and oxygen atoms in total. The fourth-order valence-corrected chi connectivity index (χ4v) is 1.82. The van der Waals surface area contributed by atoms with Crippen molar-refractivity contribution in [3.8, 4) is 0 Å². The Hall–Kier alpha value is -0.930. The van der Waals surface area contributed by atoms with Crippen LogP contribution in [0.5, 0.6) is 0 Å². The minimum absolute atomic E-state index is 0.268. The Balaban J connectivity index is 2.51. The lowest BCUT2D eigenvalue weighted by Gasteiger charge is -2.20. The molecule has 0 aliphatic heterocycles. The third-order valence-electron chi connectivity index (χ3n) is 2.61. The number of hydrogen-bond donors (Lipinski definition) is 1. The summed E-state index contributed by atoms with van der Waals surface area (Å²) in [6.07, 6.45) is 0. The van der Waals surface area contributed by atoms with E-state index in [0.717, 1.165) is 13.1 Å². The van der Waals surface area contributed by atoms with E-state index in [9.17, 15) is 0 Å². The van der Waals surface area contributed by atoms with Gasteiger partial charge in [-0.2, -0.15) is 0 Å². The Morgan fingerprint density at radius 2 is 2.19 bits per heavy atom. The Morgan fingerprint density at radius 1 is 1.50 bits per heavy atom. The van der Waals surface area contributed by atoms with Gasteiger partial charge >= 0.3 is 0 Å². The molecule has 0 saturated carbocycles. The highest BCUT2D eigenvalue weighted by molar-refractivity contribution is 7.80. The number of hydrogen-bond acceptors (Lipinski definition) is 2. The highest BCUT2D eigenvalue weighted by Gasteiger charge is 2.09. The van der Waals surface area contributed by atoms with Crippen LogP contribution in [0.15, 0.2) is 24.3 Å². The minimum atomic E-state index is 0.268. The average Bonchev–Trinajstić information content (AvgIpc) is 2.16. The van der Waals surface area contributed by atoms with Crippen molar-refractivity contribution in [1.29, 1.82) is 0 Å². The summed E-state index contributed by atoms with van der Waals surface area (Å²) >= 11 is 4.97. The zero-order valence-electron chi connectivity index (χ0n) is 10.2. The van der Waals surface area contributed by atoms with Crippen molar-refractivity contribution in [1.82, 2.24) is 4.90 Å². The minimum Gasteiger partial charge on any atom is -0.393 e. The van der Waals surface area contributed by atoms with Crippen molar-refractivity contribution >= 4 is 17.2 Å². The molecule has 1 rings (SSSR count). The average molecular weight is 236 g/mol. The number of nitrogens with zero attached hydrogens (tertiary/aromatic N) is 1. The summed E-state index contributed by atoms with van der Waals surface area (Å²) < 4.78 is 0.